The molecule has 150 valence electrons. The van der Waals surface area contributed by atoms with E-state index in [9.17, 15) is 4.79 Å². The van der Waals surface area contributed by atoms with Crippen LogP contribution in [0, 0.1) is 5.92 Å². The van der Waals surface area contributed by atoms with E-state index in [0.717, 1.165) is 47.6 Å². The van der Waals surface area contributed by atoms with Crippen LogP contribution in [0.3, 0.4) is 0 Å². The van der Waals surface area contributed by atoms with Crippen molar-refractivity contribution < 1.29 is 9.53 Å². The molecule has 1 amide bonds. The minimum atomic E-state index is 0.187. The smallest absolute Gasteiger partial charge is 0.232 e. The molecule has 1 fully saturated rings. The topological polar surface area (TPSA) is 55.3 Å². The summed E-state index contributed by atoms with van der Waals surface area (Å²) in [6, 6.07) is 17.6. The number of carbonyl (C=O) groups is 1. The number of thioether (sulfide) groups is 1. The van der Waals surface area contributed by atoms with Gasteiger partial charge in [-0.25, -0.2) is 9.97 Å². The SMILES string of the molecule is CC1CCN(C(=O)CSc2nc(COc3ccccc3)nc3ccccc23)CC1. The highest BCUT2D eigenvalue weighted by Crippen LogP contribution is 2.26. The number of likely N-dealkylation sites (tertiary alicyclic amines) is 1. The van der Waals surface area contributed by atoms with Gasteiger partial charge in [-0.05, 0) is 37.0 Å². The van der Waals surface area contributed by atoms with E-state index in [1.807, 2.05) is 59.5 Å². The van der Waals surface area contributed by atoms with Crippen LogP contribution in [0.5, 0.6) is 5.75 Å². The highest BCUT2D eigenvalue weighted by atomic mass is 32.2. The van der Waals surface area contributed by atoms with Crippen LogP contribution >= 0.6 is 11.8 Å². The zero-order chi connectivity index (χ0) is 20.1. The minimum absolute atomic E-state index is 0.187. The summed E-state index contributed by atoms with van der Waals surface area (Å²) in [5.41, 5.74) is 0.871. The number of piperidine rings is 1. The molecule has 6 heteroatoms. The second kappa shape index (κ2) is 9.27. The van der Waals surface area contributed by atoms with Gasteiger partial charge in [-0.3, -0.25) is 4.79 Å². The summed E-state index contributed by atoms with van der Waals surface area (Å²) in [6.45, 7) is 4.27. The summed E-state index contributed by atoms with van der Waals surface area (Å²) in [7, 11) is 0. The molecule has 29 heavy (non-hydrogen) atoms. The summed E-state index contributed by atoms with van der Waals surface area (Å²) >= 11 is 1.49. The number of ether oxygens (including phenoxy) is 1. The van der Waals surface area contributed by atoms with Gasteiger partial charge < -0.3 is 9.64 Å². The van der Waals surface area contributed by atoms with E-state index >= 15 is 0 Å². The number of hydrogen-bond acceptors (Lipinski definition) is 5. The molecule has 0 unspecified atom stereocenters. The van der Waals surface area contributed by atoms with Gasteiger partial charge in [0.25, 0.3) is 0 Å². The molecule has 1 aromatic heterocycles. The van der Waals surface area contributed by atoms with Crippen LogP contribution in [0.4, 0.5) is 0 Å². The highest BCUT2D eigenvalue weighted by Gasteiger charge is 2.21. The molecule has 2 heterocycles. The first-order chi connectivity index (χ1) is 14.2. The third kappa shape index (κ3) is 5.07. The van der Waals surface area contributed by atoms with Crippen LogP contribution in [0.15, 0.2) is 59.6 Å². The van der Waals surface area contributed by atoms with Gasteiger partial charge in [0.15, 0.2) is 5.82 Å². The molecule has 5 nitrogen and oxygen atoms in total. The molecule has 1 saturated heterocycles. The lowest BCUT2D eigenvalue weighted by Gasteiger charge is -2.30. The Morgan fingerprint density at radius 1 is 1.07 bits per heavy atom. The van der Waals surface area contributed by atoms with Gasteiger partial charge in [0.1, 0.15) is 17.4 Å². The summed E-state index contributed by atoms with van der Waals surface area (Å²) in [6.07, 6.45) is 2.18. The van der Waals surface area contributed by atoms with Crippen molar-refractivity contribution in [2.24, 2.45) is 5.92 Å². The fourth-order valence-corrected chi connectivity index (χ4v) is 4.35. The minimum Gasteiger partial charge on any atom is -0.486 e. The van der Waals surface area contributed by atoms with E-state index in [1.54, 1.807) is 0 Å². The normalized spacial score (nSPS) is 14.9. The van der Waals surface area contributed by atoms with Gasteiger partial charge in [0.05, 0.1) is 11.3 Å². The lowest BCUT2D eigenvalue weighted by Crippen LogP contribution is -2.38. The van der Waals surface area contributed by atoms with Crippen LogP contribution < -0.4 is 4.74 Å². The fourth-order valence-electron chi connectivity index (χ4n) is 3.41. The van der Waals surface area contributed by atoms with E-state index in [2.05, 4.69) is 11.9 Å². The number of fused-ring (bicyclic) bond motifs is 1. The van der Waals surface area contributed by atoms with Gasteiger partial charge in [-0.1, -0.05) is 55.1 Å². The maximum atomic E-state index is 12.6. The molecule has 0 aliphatic carbocycles. The number of nitrogens with zero attached hydrogens (tertiary/aromatic N) is 3. The lowest BCUT2D eigenvalue weighted by atomic mass is 9.99. The second-order valence-electron chi connectivity index (χ2n) is 7.42. The third-order valence-corrected chi connectivity index (χ3v) is 6.17. The lowest BCUT2D eigenvalue weighted by molar-refractivity contribution is -0.129. The molecule has 0 radical (unpaired) electrons. The molecule has 0 spiro atoms. The summed E-state index contributed by atoms with van der Waals surface area (Å²) in [5, 5.41) is 1.81. The van der Waals surface area contributed by atoms with E-state index in [4.69, 9.17) is 9.72 Å². The first kappa shape index (κ1) is 19.7. The van der Waals surface area contributed by atoms with Crippen LogP contribution in [0.1, 0.15) is 25.6 Å². The van der Waals surface area contributed by atoms with Crippen LogP contribution in [-0.2, 0) is 11.4 Å². The third-order valence-electron chi connectivity index (χ3n) is 5.19. The van der Waals surface area contributed by atoms with Crippen molar-refractivity contribution in [3.8, 4) is 5.75 Å². The number of hydrogen-bond donors (Lipinski definition) is 0. The van der Waals surface area contributed by atoms with Crippen molar-refractivity contribution in [3.05, 3.63) is 60.4 Å². The predicted molar refractivity (Wildman–Crippen MR) is 116 cm³/mol. The molecule has 3 aromatic rings. The van der Waals surface area contributed by atoms with E-state index in [-0.39, 0.29) is 5.91 Å². The molecule has 0 atom stereocenters. The van der Waals surface area contributed by atoms with Gasteiger partial charge in [0.2, 0.25) is 5.91 Å². The van der Waals surface area contributed by atoms with E-state index in [1.165, 1.54) is 11.8 Å². The first-order valence-electron chi connectivity index (χ1n) is 10.0. The van der Waals surface area contributed by atoms with Crippen molar-refractivity contribution in [1.29, 1.82) is 0 Å². The van der Waals surface area contributed by atoms with Crippen LogP contribution in [-0.4, -0.2) is 39.6 Å². The molecule has 2 aromatic carbocycles. The van der Waals surface area contributed by atoms with Gasteiger partial charge in [-0.2, -0.15) is 0 Å². The van der Waals surface area contributed by atoms with Crippen LogP contribution in [0.2, 0.25) is 0 Å². The van der Waals surface area contributed by atoms with Crippen LogP contribution in [0.25, 0.3) is 10.9 Å². The maximum absolute atomic E-state index is 12.6. The molecule has 0 bridgehead atoms. The monoisotopic (exact) mass is 407 g/mol. The molecule has 0 N–H and O–H groups in total. The maximum Gasteiger partial charge on any atom is 0.232 e. The summed E-state index contributed by atoms with van der Waals surface area (Å²) in [4.78, 5) is 24.0. The second-order valence-corrected chi connectivity index (χ2v) is 8.38. The number of para-hydroxylation sites is 2. The molecule has 1 aliphatic rings. The molecular formula is C23H25N3O2S. The Labute approximate surface area is 175 Å². The first-order valence-corrected chi connectivity index (χ1v) is 11.0. The Hall–Kier alpha value is -2.60. The number of benzene rings is 2. The fraction of sp³-hybridized carbons (Fsp3) is 0.348. The van der Waals surface area contributed by atoms with Gasteiger partial charge in [-0.15, -0.1) is 0 Å². The highest BCUT2D eigenvalue weighted by molar-refractivity contribution is 8.00. The molecule has 0 saturated carbocycles. The van der Waals surface area contributed by atoms with Crippen molar-refractivity contribution in [1.82, 2.24) is 14.9 Å². The number of amides is 1. The molecule has 1 aliphatic heterocycles. The molecular weight excluding hydrogens is 382 g/mol. The van der Waals surface area contributed by atoms with Gasteiger partial charge >= 0.3 is 0 Å². The zero-order valence-corrected chi connectivity index (χ0v) is 17.4. The Balaban J connectivity index is 1.47. The van der Waals surface area contributed by atoms with Crippen molar-refractivity contribution >= 4 is 28.6 Å². The Morgan fingerprint density at radius 3 is 2.59 bits per heavy atom. The predicted octanol–water partition coefficient (Wildman–Crippen LogP) is 4.56. The Kier molecular flexibility index (Phi) is 6.30. The van der Waals surface area contributed by atoms with Crippen molar-refractivity contribution in [2.75, 3.05) is 18.8 Å². The average Bonchev–Trinajstić information content (AvgIpc) is 2.77. The summed E-state index contributed by atoms with van der Waals surface area (Å²) in [5.74, 6) is 2.70. The van der Waals surface area contributed by atoms with E-state index < -0.39 is 0 Å². The quantitative estimate of drug-likeness (QED) is 0.443. The van der Waals surface area contributed by atoms with E-state index in [0.29, 0.717) is 24.1 Å². The zero-order valence-electron chi connectivity index (χ0n) is 16.6. The van der Waals surface area contributed by atoms with Crippen molar-refractivity contribution in [3.63, 3.8) is 0 Å². The largest absolute Gasteiger partial charge is 0.486 e. The standard InChI is InChI=1S/C23H25N3O2S/c1-17-11-13-26(14-12-17)22(27)16-29-23-19-9-5-6-10-20(19)24-21(25-23)15-28-18-7-3-2-4-8-18/h2-10,17H,11-16H2,1H3. The number of aromatic nitrogens is 2. The molecule has 4 rings (SSSR count). The Bertz CT molecular complexity index is 972. The average molecular weight is 408 g/mol. The Morgan fingerprint density at radius 2 is 1.79 bits per heavy atom. The summed E-state index contributed by atoms with van der Waals surface area (Å²) < 4.78 is 5.82. The van der Waals surface area contributed by atoms with Crippen molar-refractivity contribution in [2.45, 2.75) is 31.4 Å². The number of rotatable bonds is 6. The van der Waals surface area contributed by atoms with Gasteiger partial charge in [0, 0.05) is 18.5 Å². The number of carbonyl (C=O) groups excluding carboxylic acids is 1.